The quantitative estimate of drug-likeness (QED) is 0.737. The number of nitrogens with one attached hydrogen (secondary N) is 1. The van der Waals surface area contributed by atoms with Gasteiger partial charge in [0.1, 0.15) is 5.82 Å². The molecule has 19 heavy (non-hydrogen) atoms. The average molecular weight is 288 g/mol. The number of hydrogen-bond donors (Lipinski definition) is 1. The van der Waals surface area contributed by atoms with E-state index in [0.29, 0.717) is 6.61 Å². The van der Waals surface area contributed by atoms with Crippen LogP contribution in [0.1, 0.15) is 25.8 Å². The molecule has 1 unspecified atom stereocenters. The van der Waals surface area contributed by atoms with E-state index in [1.807, 2.05) is 6.07 Å². The van der Waals surface area contributed by atoms with E-state index in [2.05, 4.69) is 19.2 Å². The molecule has 0 radical (unpaired) electrons. The monoisotopic (exact) mass is 287 g/mol. The second kappa shape index (κ2) is 7.83. The molecule has 0 amide bonds. The van der Waals surface area contributed by atoms with E-state index in [1.54, 1.807) is 13.2 Å². The van der Waals surface area contributed by atoms with E-state index in [-0.39, 0.29) is 16.3 Å². The highest BCUT2D eigenvalue weighted by Gasteiger charge is 2.23. The van der Waals surface area contributed by atoms with E-state index in [9.17, 15) is 4.39 Å². The van der Waals surface area contributed by atoms with Gasteiger partial charge in [0.25, 0.3) is 0 Å². The molecule has 1 atom stereocenters. The highest BCUT2D eigenvalue weighted by Crippen LogP contribution is 2.30. The van der Waals surface area contributed by atoms with Crippen molar-refractivity contribution in [2.24, 2.45) is 5.41 Å². The number of hydrogen-bond acceptors (Lipinski definition) is 2. The Labute approximate surface area is 120 Å². The summed E-state index contributed by atoms with van der Waals surface area (Å²) in [7, 11) is 1.69. The van der Waals surface area contributed by atoms with E-state index in [4.69, 9.17) is 16.3 Å². The van der Waals surface area contributed by atoms with Gasteiger partial charge < -0.3 is 10.1 Å². The molecule has 108 valence electrons. The van der Waals surface area contributed by atoms with Crippen molar-refractivity contribution in [3.8, 4) is 0 Å². The Morgan fingerprint density at radius 2 is 2.16 bits per heavy atom. The Morgan fingerprint density at radius 3 is 2.79 bits per heavy atom. The Bertz CT molecular complexity index is 400. The molecule has 0 saturated heterocycles. The van der Waals surface area contributed by atoms with Gasteiger partial charge in [0.15, 0.2) is 0 Å². The minimum atomic E-state index is -0.343. The zero-order valence-corrected chi connectivity index (χ0v) is 12.7. The maximum Gasteiger partial charge on any atom is 0.142 e. The minimum absolute atomic E-state index is 0.0607. The predicted molar refractivity (Wildman–Crippen MR) is 78.3 cm³/mol. The van der Waals surface area contributed by atoms with Crippen molar-refractivity contribution in [3.63, 3.8) is 0 Å². The number of methoxy groups -OCH3 is 1. The maximum atomic E-state index is 13.4. The molecule has 0 aliphatic heterocycles. The zero-order valence-electron chi connectivity index (χ0n) is 11.9. The third-order valence-electron chi connectivity index (χ3n) is 3.54. The predicted octanol–water partition coefficient (Wildman–Crippen LogP) is 3.67. The van der Waals surface area contributed by atoms with Gasteiger partial charge in [0.05, 0.1) is 11.6 Å². The van der Waals surface area contributed by atoms with Crippen molar-refractivity contribution < 1.29 is 9.13 Å². The molecular weight excluding hydrogens is 265 g/mol. The molecule has 0 fully saturated rings. The zero-order chi connectivity index (χ0) is 14.3. The molecular formula is C15H23ClFNO. The van der Waals surface area contributed by atoms with Gasteiger partial charge in [-0.3, -0.25) is 0 Å². The Hall–Kier alpha value is -0.640. The van der Waals surface area contributed by atoms with Crippen molar-refractivity contribution in [1.82, 2.24) is 5.32 Å². The molecule has 1 aromatic carbocycles. The van der Waals surface area contributed by atoms with Crippen molar-refractivity contribution in [2.75, 3.05) is 26.8 Å². The van der Waals surface area contributed by atoms with Crippen molar-refractivity contribution in [3.05, 3.63) is 34.6 Å². The first-order chi connectivity index (χ1) is 9.02. The lowest BCUT2D eigenvalue weighted by atomic mass is 9.81. The number of rotatable bonds is 8. The summed E-state index contributed by atoms with van der Waals surface area (Å²) in [6.45, 7) is 6.71. The Morgan fingerprint density at radius 1 is 1.42 bits per heavy atom. The van der Waals surface area contributed by atoms with Crippen LogP contribution in [0, 0.1) is 11.2 Å². The number of halogens is 2. The van der Waals surface area contributed by atoms with Crippen LogP contribution in [0.5, 0.6) is 0 Å². The lowest BCUT2D eigenvalue weighted by Gasteiger charge is -2.29. The van der Waals surface area contributed by atoms with Gasteiger partial charge in [0, 0.05) is 20.2 Å². The van der Waals surface area contributed by atoms with Gasteiger partial charge in [-0.05, 0) is 29.9 Å². The Balaban J connectivity index is 2.66. The van der Waals surface area contributed by atoms with Crippen LogP contribution in [0.3, 0.4) is 0 Å². The summed E-state index contributed by atoms with van der Waals surface area (Å²) in [4.78, 5) is 0. The minimum Gasteiger partial charge on any atom is -0.383 e. The lowest BCUT2D eigenvalue weighted by Crippen LogP contribution is -2.35. The summed E-state index contributed by atoms with van der Waals surface area (Å²) in [6, 6.07) is 5.01. The summed E-state index contributed by atoms with van der Waals surface area (Å²) in [5.41, 5.74) is 0.935. The molecule has 2 nitrogen and oxygen atoms in total. The summed E-state index contributed by atoms with van der Waals surface area (Å²) in [6.07, 6.45) is 1.76. The first kappa shape index (κ1) is 16.4. The van der Waals surface area contributed by atoms with Crippen LogP contribution in [0.4, 0.5) is 4.39 Å². The fourth-order valence-electron chi connectivity index (χ4n) is 2.02. The molecule has 1 N–H and O–H groups in total. The topological polar surface area (TPSA) is 21.3 Å². The number of ether oxygens (including phenoxy) is 1. The van der Waals surface area contributed by atoms with Crippen LogP contribution in [-0.4, -0.2) is 26.8 Å². The van der Waals surface area contributed by atoms with E-state index in [0.717, 1.165) is 31.5 Å². The van der Waals surface area contributed by atoms with Crippen LogP contribution in [0.15, 0.2) is 18.2 Å². The SMILES string of the molecule is CCC(C)(CNCCOC)Cc1cccc(F)c1Cl. The van der Waals surface area contributed by atoms with Gasteiger partial charge in [-0.15, -0.1) is 0 Å². The third-order valence-corrected chi connectivity index (χ3v) is 3.96. The summed E-state index contributed by atoms with van der Waals surface area (Å²) in [5.74, 6) is -0.343. The molecule has 0 saturated carbocycles. The van der Waals surface area contributed by atoms with Gasteiger partial charge in [-0.2, -0.15) is 0 Å². The number of benzene rings is 1. The standard InChI is InChI=1S/C15H23ClFNO/c1-4-15(2,11-18-8-9-19-3)10-12-6-5-7-13(17)14(12)16/h5-7,18H,4,8-11H2,1-3H3. The van der Waals surface area contributed by atoms with Crippen molar-refractivity contribution in [1.29, 1.82) is 0 Å². The highest BCUT2D eigenvalue weighted by molar-refractivity contribution is 6.31. The maximum absolute atomic E-state index is 13.4. The molecule has 1 rings (SSSR count). The molecule has 0 spiro atoms. The molecule has 1 aromatic rings. The molecule has 0 heterocycles. The summed E-state index contributed by atoms with van der Waals surface area (Å²) < 4.78 is 18.5. The largest absolute Gasteiger partial charge is 0.383 e. The fraction of sp³-hybridized carbons (Fsp3) is 0.600. The first-order valence-electron chi connectivity index (χ1n) is 6.65. The van der Waals surface area contributed by atoms with Gasteiger partial charge >= 0.3 is 0 Å². The van der Waals surface area contributed by atoms with Gasteiger partial charge in [-0.1, -0.05) is 37.6 Å². The summed E-state index contributed by atoms with van der Waals surface area (Å²) >= 11 is 6.02. The van der Waals surface area contributed by atoms with Crippen LogP contribution in [0.2, 0.25) is 5.02 Å². The highest BCUT2D eigenvalue weighted by atomic mass is 35.5. The summed E-state index contributed by atoms with van der Waals surface area (Å²) in [5, 5.41) is 3.62. The van der Waals surface area contributed by atoms with E-state index < -0.39 is 0 Å². The molecule has 0 aliphatic rings. The fourth-order valence-corrected chi connectivity index (χ4v) is 2.21. The van der Waals surface area contributed by atoms with Crippen LogP contribution in [-0.2, 0) is 11.2 Å². The second-order valence-electron chi connectivity index (χ2n) is 5.22. The average Bonchev–Trinajstić information content (AvgIpc) is 2.40. The molecule has 4 heteroatoms. The van der Waals surface area contributed by atoms with Crippen LogP contribution >= 0.6 is 11.6 Å². The normalized spacial score (nSPS) is 14.4. The van der Waals surface area contributed by atoms with Crippen molar-refractivity contribution in [2.45, 2.75) is 26.7 Å². The molecule has 0 aliphatic carbocycles. The molecule has 0 bridgehead atoms. The third kappa shape index (κ3) is 5.09. The van der Waals surface area contributed by atoms with Gasteiger partial charge in [0.2, 0.25) is 0 Å². The Kier molecular flexibility index (Phi) is 6.76. The first-order valence-corrected chi connectivity index (χ1v) is 7.03. The van der Waals surface area contributed by atoms with E-state index in [1.165, 1.54) is 6.07 Å². The van der Waals surface area contributed by atoms with Crippen LogP contribution < -0.4 is 5.32 Å². The van der Waals surface area contributed by atoms with Crippen molar-refractivity contribution >= 4 is 11.6 Å². The van der Waals surface area contributed by atoms with E-state index >= 15 is 0 Å². The second-order valence-corrected chi connectivity index (χ2v) is 5.60. The molecule has 0 aromatic heterocycles. The van der Waals surface area contributed by atoms with Gasteiger partial charge in [-0.25, -0.2) is 4.39 Å². The van der Waals surface area contributed by atoms with Crippen LogP contribution in [0.25, 0.3) is 0 Å². The smallest absolute Gasteiger partial charge is 0.142 e. The lowest BCUT2D eigenvalue weighted by molar-refractivity contribution is 0.191.